The molecule has 0 aromatic heterocycles. The van der Waals surface area contributed by atoms with Gasteiger partial charge in [0.2, 0.25) is 0 Å². The first-order valence-corrected chi connectivity index (χ1v) is 11.9. The lowest BCUT2D eigenvalue weighted by Gasteiger charge is -2.36. The van der Waals surface area contributed by atoms with Gasteiger partial charge in [-0.15, -0.1) is 11.6 Å². The summed E-state index contributed by atoms with van der Waals surface area (Å²) in [5.41, 5.74) is 2.23. The van der Waals surface area contributed by atoms with Crippen LogP contribution in [0.1, 0.15) is 51.4 Å². The molecule has 1 saturated heterocycles. The largest absolute Gasteiger partial charge is 0.392 e. The third kappa shape index (κ3) is 4.06. The molecule has 4 nitrogen and oxygen atoms in total. The van der Waals surface area contributed by atoms with Gasteiger partial charge < -0.3 is 9.84 Å². The third-order valence-corrected chi connectivity index (χ3v) is 8.64. The minimum Gasteiger partial charge on any atom is -0.392 e. The number of hydrogen-bond acceptors (Lipinski definition) is 4. The summed E-state index contributed by atoms with van der Waals surface area (Å²) in [7, 11) is 1.74. The zero-order valence-electron chi connectivity index (χ0n) is 17.2. The Morgan fingerprint density at radius 1 is 1.14 bits per heavy atom. The van der Waals surface area contributed by atoms with Gasteiger partial charge in [0, 0.05) is 24.6 Å². The van der Waals surface area contributed by atoms with Crippen molar-refractivity contribution in [1.82, 2.24) is 10.6 Å². The highest BCUT2D eigenvalue weighted by Gasteiger charge is 2.55. The van der Waals surface area contributed by atoms with Crippen LogP contribution in [0, 0.1) is 29.6 Å². The van der Waals surface area contributed by atoms with Gasteiger partial charge in [0.25, 0.3) is 0 Å². The summed E-state index contributed by atoms with van der Waals surface area (Å²) in [6, 6.07) is 0.661. The molecular weight excluding hydrogens is 391 g/mol. The van der Waals surface area contributed by atoms with E-state index in [9.17, 15) is 9.50 Å². The minimum absolute atomic E-state index is 0.0892. The molecule has 0 spiro atoms. The first-order valence-electron chi connectivity index (χ1n) is 11.4. The number of fused-ring (bicyclic) bond motifs is 1. The molecule has 0 aromatic rings. The summed E-state index contributed by atoms with van der Waals surface area (Å²) < 4.78 is 20.2. The molecule has 0 amide bonds. The van der Waals surface area contributed by atoms with E-state index in [4.69, 9.17) is 16.3 Å². The van der Waals surface area contributed by atoms with Crippen molar-refractivity contribution in [2.24, 2.45) is 29.6 Å². The van der Waals surface area contributed by atoms with Crippen molar-refractivity contribution in [3.05, 3.63) is 23.0 Å². The minimum atomic E-state index is -0.203. The van der Waals surface area contributed by atoms with Crippen molar-refractivity contribution in [3.8, 4) is 0 Å². The van der Waals surface area contributed by atoms with Gasteiger partial charge >= 0.3 is 0 Å². The fourth-order valence-corrected chi connectivity index (χ4v) is 6.65. The van der Waals surface area contributed by atoms with Crippen LogP contribution in [-0.2, 0) is 4.74 Å². The van der Waals surface area contributed by atoms with Gasteiger partial charge in [0.1, 0.15) is 0 Å². The summed E-state index contributed by atoms with van der Waals surface area (Å²) in [5.74, 6) is 2.68. The first-order chi connectivity index (χ1) is 14.1. The Morgan fingerprint density at radius 2 is 1.90 bits per heavy atom. The van der Waals surface area contributed by atoms with Crippen molar-refractivity contribution < 1.29 is 14.2 Å². The smallest absolute Gasteiger partial charge is 0.163 e. The van der Waals surface area contributed by atoms with Crippen LogP contribution < -0.4 is 10.6 Å². The second-order valence-corrected chi connectivity index (χ2v) is 10.5. The molecule has 3 fully saturated rings. The Hall–Kier alpha value is -0.460. The van der Waals surface area contributed by atoms with Crippen LogP contribution >= 0.6 is 11.6 Å². The molecule has 1 aliphatic heterocycles. The van der Waals surface area contributed by atoms with E-state index in [2.05, 4.69) is 16.7 Å². The van der Waals surface area contributed by atoms with E-state index in [0.717, 1.165) is 36.8 Å². The van der Waals surface area contributed by atoms with Crippen LogP contribution in [0.5, 0.6) is 0 Å². The fourth-order valence-electron chi connectivity index (χ4n) is 6.31. The summed E-state index contributed by atoms with van der Waals surface area (Å²) in [6.45, 7) is 0.124. The van der Waals surface area contributed by atoms with E-state index in [0.29, 0.717) is 48.1 Å². The number of alkyl halides is 1. The van der Waals surface area contributed by atoms with Crippen molar-refractivity contribution >= 4 is 11.6 Å². The normalized spacial score (nSPS) is 45.4. The SMILES string of the molecule is COC1NC(C2CCC(F)=C(C3CC3)C2)C2CC2C(C2CC(CO)=CCC2Cl)N1. The summed E-state index contributed by atoms with van der Waals surface area (Å²) >= 11 is 6.75. The van der Waals surface area contributed by atoms with Crippen molar-refractivity contribution in [3.63, 3.8) is 0 Å². The second-order valence-electron chi connectivity index (χ2n) is 9.91. The van der Waals surface area contributed by atoms with Crippen LogP contribution in [0.4, 0.5) is 4.39 Å². The van der Waals surface area contributed by atoms with Crippen LogP contribution in [0.15, 0.2) is 23.0 Å². The summed E-state index contributed by atoms with van der Waals surface area (Å²) in [5, 5.41) is 17.2. The van der Waals surface area contributed by atoms with E-state index in [1.165, 1.54) is 19.3 Å². The zero-order chi connectivity index (χ0) is 20.1. The Balaban J connectivity index is 1.33. The molecular formula is C23H34ClFN2O2. The van der Waals surface area contributed by atoms with Gasteiger partial charge in [-0.2, -0.15) is 0 Å². The molecule has 6 heteroatoms. The number of allylic oxidation sites excluding steroid dienone is 3. The topological polar surface area (TPSA) is 53.5 Å². The van der Waals surface area contributed by atoms with Crippen molar-refractivity contribution in [1.29, 1.82) is 0 Å². The zero-order valence-corrected chi connectivity index (χ0v) is 18.0. The van der Waals surface area contributed by atoms with Gasteiger partial charge in [-0.05, 0) is 92.1 Å². The van der Waals surface area contributed by atoms with Crippen LogP contribution in [0.2, 0.25) is 0 Å². The quantitative estimate of drug-likeness (QED) is 0.463. The standard InChI is InChI=1S/C23H34ClFN2O2/c1-29-23-26-21(14-5-7-20(25)15(9-14)13-3-4-13)16-10-17(16)22(27-23)18-8-12(11-28)2-6-19(18)24/h2,13-14,16-19,21-23,26-28H,3-11H2,1H3. The summed E-state index contributed by atoms with van der Waals surface area (Å²) in [4.78, 5) is 0. The van der Waals surface area contributed by atoms with Crippen LogP contribution in [0.3, 0.4) is 0 Å². The number of nitrogens with one attached hydrogen (secondary N) is 2. The molecule has 5 aliphatic rings. The number of hydrogen-bond donors (Lipinski definition) is 3. The average molecular weight is 425 g/mol. The molecule has 5 rings (SSSR count). The molecule has 8 unspecified atom stereocenters. The lowest BCUT2D eigenvalue weighted by atomic mass is 9.78. The molecule has 1 heterocycles. The van der Waals surface area contributed by atoms with Gasteiger partial charge in [-0.1, -0.05) is 6.08 Å². The maximum absolute atomic E-state index is 14.4. The Morgan fingerprint density at radius 3 is 2.62 bits per heavy atom. The molecule has 0 bridgehead atoms. The molecule has 29 heavy (non-hydrogen) atoms. The highest BCUT2D eigenvalue weighted by molar-refractivity contribution is 6.21. The molecule has 4 aliphatic carbocycles. The Kier molecular flexibility index (Phi) is 5.80. The maximum Gasteiger partial charge on any atom is 0.163 e. The second kappa shape index (κ2) is 8.23. The van der Waals surface area contributed by atoms with Crippen molar-refractivity contribution in [2.75, 3.05) is 13.7 Å². The molecule has 0 radical (unpaired) electrons. The lowest BCUT2D eigenvalue weighted by molar-refractivity contribution is 0.0170. The predicted molar refractivity (Wildman–Crippen MR) is 112 cm³/mol. The Bertz CT molecular complexity index is 694. The number of aliphatic hydroxyl groups excluding tert-OH is 1. The van der Waals surface area contributed by atoms with E-state index < -0.39 is 0 Å². The number of halogens is 2. The summed E-state index contributed by atoms with van der Waals surface area (Å²) in [6.07, 6.45) is 9.58. The molecule has 3 N–H and O–H groups in total. The van der Waals surface area contributed by atoms with Crippen molar-refractivity contribution in [2.45, 2.75) is 75.2 Å². The fraction of sp³-hybridized carbons (Fsp3) is 0.826. The highest BCUT2D eigenvalue weighted by Crippen LogP contribution is 2.54. The molecule has 0 aromatic carbocycles. The molecule has 8 atom stereocenters. The molecule has 2 saturated carbocycles. The lowest BCUT2D eigenvalue weighted by Crippen LogP contribution is -2.54. The Labute approximate surface area is 178 Å². The predicted octanol–water partition coefficient (Wildman–Crippen LogP) is 3.85. The highest BCUT2D eigenvalue weighted by atomic mass is 35.5. The monoisotopic (exact) mass is 424 g/mol. The van der Waals surface area contributed by atoms with E-state index in [-0.39, 0.29) is 24.2 Å². The average Bonchev–Trinajstić information content (AvgIpc) is 3.62. The first kappa shape index (κ1) is 20.4. The van der Waals surface area contributed by atoms with E-state index in [1.807, 2.05) is 0 Å². The van der Waals surface area contributed by atoms with E-state index in [1.54, 1.807) is 7.11 Å². The van der Waals surface area contributed by atoms with Gasteiger partial charge in [-0.25, -0.2) is 4.39 Å². The number of rotatable bonds is 5. The van der Waals surface area contributed by atoms with Crippen LogP contribution in [0.25, 0.3) is 0 Å². The third-order valence-electron chi connectivity index (χ3n) is 8.14. The van der Waals surface area contributed by atoms with Gasteiger partial charge in [0.05, 0.1) is 12.4 Å². The maximum atomic E-state index is 14.4. The van der Waals surface area contributed by atoms with Gasteiger partial charge in [0.15, 0.2) is 6.35 Å². The number of aliphatic hydroxyl groups is 1. The number of methoxy groups -OCH3 is 1. The van der Waals surface area contributed by atoms with Crippen LogP contribution in [-0.4, -0.2) is 42.6 Å². The van der Waals surface area contributed by atoms with E-state index >= 15 is 0 Å². The number of ether oxygens (including phenoxy) is 1. The van der Waals surface area contributed by atoms with Gasteiger partial charge in [-0.3, -0.25) is 10.6 Å². The molecule has 162 valence electrons.